The van der Waals surface area contributed by atoms with Crippen LogP contribution in [0.4, 0.5) is 0 Å². The molecule has 2 saturated heterocycles. The Morgan fingerprint density at radius 3 is 2.75 bits per heavy atom. The molecule has 3 fully saturated rings. The van der Waals surface area contributed by atoms with E-state index in [1.54, 1.807) is 0 Å². The molecule has 3 atom stereocenters. The van der Waals surface area contributed by atoms with Crippen LogP contribution in [0.5, 0.6) is 0 Å². The van der Waals surface area contributed by atoms with E-state index >= 15 is 0 Å². The molecule has 0 bridgehead atoms. The maximum atomic E-state index is 9.63. The second-order valence-electron chi connectivity index (χ2n) is 9.22. The zero-order valence-corrected chi connectivity index (χ0v) is 17.7. The van der Waals surface area contributed by atoms with Crippen molar-refractivity contribution in [2.24, 2.45) is 5.92 Å². The highest BCUT2D eigenvalue weighted by Gasteiger charge is 2.36. The topological polar surface area (TPSA) is 50.8 Å². The summed E-state index contributed by atoms with van der Waals surface area (Å²) < 4.78 is 0. The highest BCUT2D eigenvalue weighted by molar-refractivity contribution is 5.34. The zero-order chi connectivity index (χ0) is 19.5. The fourth-order valence-corrected chi connectivity index (χ4v) is 5.69. The molecule has 4 rings (SSSR count). The fraction of sp³-hybridized carbons (Fsp3) is 0.739. The molecule has 0 spiro atoms. The largest absolute Gasteiger partial charge is 0.396 e. The van der Waals surface area contributed by atoms with Crippen LogP contribution in [0.2, 0.25) is 0 Å². The third-order valence-electron chi connectivity index (χ3n) is 7.22. The summed E-state index contributed by atoms with van der Waals surface area (Å²) >= 11 is 0. The van der Waals surface area contributed by atoms with E-state index < -0.39 is 0 Å². The fourth-order valence-electron chi connectivity index (χ4n) is 5.69. The number of benzene rings is 1. The Balaban J connectivity index is 1.41. The second kappa shape index (κ2) is 9.23. The Morgan fingerprint density at radius 1 is 1.14 bits per heavy atom. The van der Waals surface area contributed by atoms with Gasteiger partial charge in [0.15, 0.2) is 0 Å². The third kappa shape index (κ3) is 4.44. The lowest BCUT2D eigenvalue weighted by Crippen LogP contribution is -2.57. The second-order valence-corrected chi connectivity index (χ2v) is 9.22. The standard InChI is InChI=1S/C23H38N4O/c1-17-7-8-18(2)22(13-17)23-19(14-24-25-23)15-26-10-11-27(20-5-3-4-6-20)21(16-26)9-12-28/h7-8,13,19-21,23-25,28H,3-6,9-12,14-16H2,1-2H3. The van der Waals surface area contributed by atoms with Crippen LogP contribution >= 0.6 is 0 Å². The van der Waals surface area contributed by atoms with Gasteiger partial charge in [0.25, 0.3) is 0 Å². The maximum absolute atomic E-state index is 9.63. The summed E-state index contributed by atoms with van der Waals surface area (Å²) in [6, 6.07) is 8.46. The van der Waals surface area contributed by atoms with Crippen LogP contribution in [0, 0.1) is 19.8 Å². The minimum Gasteiger partial charge on any atom is -0.396 e. The van der Waals surface area contributed by atoms with Crippen molar-refractivity contribution in [2.45, 2.75) is 64.1 Å². The van der Waals surface area contributed by atoms with Crippen LogP contribution in [-0.4, -0.2) is 66.3 Å². The van der Waals surface area contributed by atoms with Gasteiger partial charge in [-0.15, -0.1) is 0 Å². The smallest absolute Gasteiger partial charge is 0.0518 e. The summed E-state index contributed by atoms with van der Waals surface area (Å²) in [5, 5.41) is 9.63. The summed E-state index contributed by atoms with van der Waals surface area (Å²) in [5.74, 6) is 0.577. The van der Waals surface area contributed by atoms with Gasteiger partial charge in [0.05, 0.1) is 6.04 Å². The lowest BCUT2D eigenvalue weighted by Gasteiger charge is -2.45. The van der Waals surface area contributed by atoms with Crippen molar-refractivity contribution in [3.8, 4) is 0 Å². The first kappa shape index (κ1) is 20.3. The van der Waals surface area contributed by atoms with Crippen molar-refractivity contribution in [3.05, 3.63) is 34.9 Å². The average Bonchev–Trinajstić information content (AvgIpc) is 3.36. The Morgan fingerprint density at radius 2 is 1.96 bits per heavy atom. The molecule has 156 valence electrons. The molecule has 3 N–H and O–H groups in total. The van der Waals surface area contributed by atoms with Gasteiger partial charge in [-0.2, -0.15) is 0 Å². The van der Waals surface area contributed by atoms with Crippen LogP contribution in [-0.2, 0) is 0 Å². The summed E-state index contributed by atoms with van der Waals surface area (Å²) in [4.78, 5) is 5.39. The summed E-state index contributed by atoms with van der Waals surface area (Å²) in [7, 11) is 0. The Kier molecular flexibility index (Phi) is 6.69. The van der Waals surface area contributed by atoms with Crippen molar-refractivity contribution in [1.82, 2.24) is 20.7 Å². The first-order valence-electron chi connectivity index (χ1n) is 11.3. The molecule has 0 aromatic heterocycles. The quantitative estimate of drug-likeness (QED) is 0.701. The number of aryl methyl sites for hydroxylation is 2. The van der Waals surface area contributed by atoms with E-state index in [1.165, 1.54) is 42.4 Å². The van der Waals surface area contributed by atoms with Crippen LogP contribution in [0.15, 0.2) is 18.2 Å². The molecular formula is C23H38N4O. The first-order chi connectivity index (χ1) is 13.7. The minimum absolute atomic E-state index is 0.305. The molecule has 0 radical (unpaired) electrons. The number of aliphatic hydroxyl groups is 1. The minimum atomic E-state index is 0.305. The Labute approximate surface area is 170 Å². The van der Waals surface area contributed by atoms with Crippen molar-refractivity contribution in [3.63, 3.8) is 0 Å². The molecule has 0 amide bonds. The number of hydrogen-bond donors (Lipinski definition) is 3. The van der Waals surface area contributed by atoms with Crippen LogP contribution in [0.25, 0.3) is 0 Å². The van der Waals surface area contributed by atoms with E-state index in [-0.39, 0.29) is 0 Å². The Bertz CT molecular complexity index is 645. The number of hydrogen-bond acceptors (Lipinski definition) is 5. The van der Waals surface area contributed by atoms with Crippen LogP contribution in [0.1, 0.15) is 54.8 Å². The molecule has 1 aliphatic carbocycles. The molecule has 28 heavy (non-hydrogen) atoms. The van der Waals surface area contributed by atoms with Gasteiger partial charge >= 0.3 is 0 Å². The summed E-state index contributed by atoms with van der Waals surface area (Å²) in [6.45, 7) is 10.3. The lowest BCUT2D eigenvalue weighted by molar-refractivity contribution is 0.0237. The predicted octanol–water partition coefficient (Wildman–Crippen LogP) is 2.38. The van der Waals surface area contributed by atoms with Gasteiger partial charge in [-0.1, -0.05) is 36.6 Å². The van der Waals surface area contributed by atoms with Gasteiger partial charge in [-0.05, 0) is 44.2 Å². The highest BCUT2D eigenvalue weighted by atomic mass is 16.3. The SMILES string of the molecule is Cc1ccc(C)c(C2NNCC2CN2CCN(C3CCCC3)C(CCO)C2)c1. The summed E-state index contributed by atoms with van der Waals surface area (Å²) in [5.41, 5.74) is 11.1. The van der Waals surface area contributed by atoms with E-state index in [2.05, 4.69) is 52.7 Å². The van der Waals surface area contributed by atoms with Gasteiger partial charge in [0, 0.05) is 57.3 Å². The van der Waals surface area contributed by atoms with E-state index in [0.29, 0.717) is 24.6 Å². The van der Waals surface area contributed by atoms with Crippen molar-refractivity contribution < 1.29 is 5.11 Å². The van der Waals surface area contributed by atoms with Gasteiger partial charge in [-0.3, -0.25) is 10.3 Å². The molecule has 5 heteroatoms. The van der Waals surface area contributed by atoms with E-state index in [0.717, 1.165) is 45.2 Å². The molecule has 3 unspecified atom stereocenters. The molecule has 1 aromatic carbocycles. The molecular weight excluding hydrogens is 348 g/mol. The van der Waals surface area contributed by atoms with Crippen molar-refractivity contribution >= 4 is 0 Å². The lowest BCUT2D eigenvalue weighted by atomic mass is 9.90. The summed E-state index contributed by atoms with van der Waals surface area (Å²) in [6.07, 6.45) is 6.39. The molecule has 3 aliphatic rings. The number of nitrogens with zero attached hydrogens (tertiary/aromatic N) is 2. The molecule has 2 heterocycles. The van der Waals surface area contributed by atoms with E-state index in [4.69, 9.17) is 0 Å². The predicted molar refractivity (Wildman–Crippen MR) is 114 cm³/mol. The molecule has 2 aliphatic heterocycles. The maximum Gasteiger partial charge on any atom is 0.0518 e. The number of rotatable bonds is 6. The number of hydrazine groups is 1. The number of nitrogens with one attached hydrogen (secondary N) is 2. The van der Waals surface area contributed by atoms with Gasteiger partial charge < -0.3 is 10.0 Å². The third-order valence-corrected chi connectivity index (χ3v) is 7.22. The molecule has 1 aromatic rings. The monoisotopic (exact) mass is 386 g/mol. The van der Waals surface area contributed by atoms with Gasteiger partial charge in [0.1, 0.15) is 0 Å². The molecule has 1 saturated carbocycles. The first-order valence-corrected chi connectivity index (χ1v) is 11.3. The van der Waals surface area contributed by atoms with Gasteiger partial charge in [0.2, 0.25) is 0 Å². The average molecular weight is 387 g/mol. The molecule has 5 nitrogen and oxygen atoms in total. The van der Waals surface area contributed by atoms with E-state index in [1.807, 2.05) is 0 Å². The normalized spacial score (nSPS) is 30.3. The zero-order valence-electron chi connectivity index (χ0n) is 17.7. The highest BCUT2D eigenvalue weighted by Crippen LogP contribution is 2.31. The van der Waals surface area contributed by atoms with Gasteiger partial charge in [-0.25, -0.2) is 5.43 Å². The van der Waals surface area contributed by atoms with E-state index in [9.17, 15) is 5.11 Å². The van der Waals surface area contributed by atoms with Crippen LogP contribution < -0.4 is 10.9 Å². The van der Waals surface area contributed by atoms with Crippen LogP contribution in [0.3, 0.4) is 0 Å². The Hall–Kier alpha value is -0.980. The number of aliphatic hydroxyl groups excluding tert-OH is 1. The number of piperazine rings is 1. The van der Waals surface area contributed by atoms with Crippen molar-refractivity contribution in [2.75, 3.05) is 39.3 Å². The van der Waals surface area contributed by atoms with Crippen molar-refractivity contribution in [1.29, 1.82) is 0 Å².